The third kappa shape index (κ3) is 5.87. The average molecular weight is 381 g/mol. The number of unbranched alkanes of at least 4 members (excludes halogenated alkanes) is 1. The van der Waals surface area contributed by atoms with Crippen LogP contribution in [0.4, 0.5) is 13.2 Å². The summed E-state index contributed by atoms with van der Waals surface area (Å²) in [6.07, 6.45) is 2.89. The zero-order valence-electron chi connectivity index (χ0n) is 14.6. The van der Waals surface area contributed by atoms with Gasteiger partial charge < -0.3 is 10.8 Å². The number of aryl methyl sites for hydroxylation is 2. The van der Waals surface area contributed by atoms with Crippen LogP contribution in [-0.2, 0) is 12.8 Å². The summed E-state index contributed by atoms with van der Waals surface area (Å²) in [5, 5.41) is 9.17. The monoisotopic (exact) mass is 381 g/mol. The molecule has 0 aliphatic rings. The Hall–Kier alpha value is -1.81. The third-order valence-corrected chi connectivity index (χ3v) is 5.10. The summed E-state index contributed by atoms with van der Waals surface area (Å²) in [6.45, 7) is 1.76. The van der Waals surface area contributed by atoms with Gasteiger partial charge in [-0.15, -0.1) is 11.3 Å². The van der Waals surface area contributed by atoms with Crippen LogP contribution in [0.25, 0.3) is 0 Å². The summed E-state index contributed by atoms with van der Waals surface area (Å²) in [4.78, 5) is 2.09. The number of aliphatic hydroxyl groups excluding tert-OH is 1. The molecular weight excluding hydrogens is 359 g/mol. The van der Waals surface area contributed by atoms with Gasteiger partial charge in [0.05, 0.1) is 11.5 Å². The number of thiophene rings is 1. The number of benzene rings is 1. The number of rotatable bonds is 7. The van der Waals surface area contributed by atoms with Gasteiger partial charge in [-0.2, -0.15) is 0 Å². The van der Waals surface area contributed by atoms with Gasteiger partial charge in [0.2, 0.25) is 0 Å². The maximum absolute atomic E-state index is 13.5. The minimum Gasteiger partial charge on any atom is -0.394 e. The summed E-state index contributed by atoms with van der Waals surface area (Å²) in [5.74, 6) is 2.37. The molecule has 26 heavy (non-hydrogen) atoms. The first-order chi connectivity index (χ1) is 12.3. The average Bonchev–Trinajstić information content (AvgIpc) is 3.07. The van der Waals surface area contributed by atoms with E-state index >= 15 is 0 Å². The smallest absolute Gasteiger partial charge is 0.194 e. The third-order valence-electron chi connectivity index (χ3n) is 4.04. The predicted octanol–water partition coefficient (Wildman–Crippen LogP) is 4.18. The second-order valence-corrected chi connectivity index (χ2v) is 7.74. The van der Waals surface area contributed by atoms with Gasteiger partial charge in [-0.25, -0.2) is 13.2 Å². The molecule has 0 fully saturated rings. The molecule has 0 saturated carbocycles. The first kappa shape index (κ1) is 20.5. The highest BCUT2D eigenvalue weighted by atomic mass is 32.1. The number of hydrogen-bond donors (Lipinski definition) is 2. The molecule has 0 amide bonds. The van der Waals surface area contributed by atoms with Gasteiger partial charge in [0.1, 0.15) is 0 Å². The number of aliphatic hydroxyl groups is 1. The van der Waals surface area contributed by atoms with Crippen molar-refractivity contribution in [2.75, 3.05) is 6.61 Å². The first-order valence-electron chi connectivity index (χ1n) is 8.42. The van der Waals surface area contributed by atoms with Crippen LogP contribution in [0.2, 0.25) is 0 Å². The van der Waals surface area contributed by atoms with Crippen LogP contribution < -0.4 is 5.73 Å². The molecule has 3 N–H and O–H groups in total. The molecule has 1 unspecified atom stereocenters. The molecule has 0 aliphatic heterocycles. The highest BCUT2D eigenvalue weighted by Crippen LogP contribution is 2.20. The standard InChI is InChI=1S/C20H22F3NOS/c1-20(24,13-25)12-11-16-9-8-15(26-16)6-4-2-3-5-14-7-10-17(21)19(23)18(14)22/h7-10,25H,2-3,5,11-13,24H2,1H3. The molecule has 0 aliphatic carbocycles. The maximum atomic E-state index is 13.5. The van der Waals surface area contributed by atoms with E-state index in [1.807, 2.05) is 19.1 Å². The van der Waals surface area contributed by atoms with Crippen LogP contribution in [0.1, 0.15) is 41.5 Å². The normalized spacial score (nSPS) is 13.2. The zero-order valence-corrected chi connectivity index (χ0v) is 15.4. The molecule has 1 atom stereocenters. The van der Waals surface area contributed by atoms with E-state index in [2.05, 4.69) is 11.8 Å². The van der Waals surface area contributed by atoms with Crippen molar-refractivity contribution < 1.29 is 18.3 Å². The van der Waals surface area contributed by atoms with Gasteiger partial charge in [0.25, 0.3) is 0 Å². The SMILES string of the molecule is CC(N)(CO)CCc1ccc(C#CCCCc2ccc(F)c(F)c2F)s1. The highest BCUT2D eigenvalue weighted by molar-refractivity contribution is 7.12. The van der Waals surface area contributed by atoms with Crippen molar-refractivity contribution in [3.05, 3.63) is 57.0 Å². The van der Waals surface area contributed by atoms with Crippen molar-refractivity contribution in [3.8, 4) is 11.8 Å². The van der Waals surface area contributed by atoms with E-state index in [9.17, 15) is 13.2 Å². The predicted molar refractivity (Wildman–Crippen MR) is 98.5 cm³/mol. The van der Waals surface area contributed by atoms with E-state index in [4.69, 9.17) is 10.8 Å². The van der Waals surface area contributed by atoms with Crippen molar-refractivity contribution in [2.24, 2.45) is 5.73 Å². The van der Waals surface area contributed by atoms with Gasteiger partial charge in [0, 0.05) is 16.8 Å². The van der Waals surface area contributed by atoms with E-state index in [0.29, 0.717) is 25.7 Å². The topological polar surface area (TPSA) is 46.2 Å². The van der Waals surface area contributed by atoms with Gasteiger partial charge >= 0.3 is 0 Å². The van der Waals surface area contributed by atoms with Crippen molar-refractivity contribution in [1.82, 2.24) is 0 Å². The molecule has 2 rings (SSSR count). The van der Waals surface area contributed by atoms with Crippen LogP contribution in [0.15, 0.2) is 24.3 Å². The second kappa shape index (κ2) is 9.22. The van der Waals surface area contributed by atoms with E-state index in [1.54, 1.807) is 11.3 Å². The van der Waals surface area contributed by atoms with Gasteiger partial charge in [-0.05, 0) is 56.4 Å². The van der Waals surface area contributed by atoms with Gasteiger partial charge in [0.15, 0.2) is 17.5 Å². The lowest BCUT2D eigenvalue weighted by Gasteiger charge is -2.20. The Morgan fingerprint density at radius 1 is 1.12 bits per heavy atom. The molecule has 0 spiro atoms. The van der Waals surface area contributed by atoms with Crippen LogP contribution in [-0.4, -0.2) is 17.3 Å². The van der Waals surface area contributed by atoms with E-state index < -0.39 is 23.0 Å². The molecular formula is C20H22F3NOS. The van der Waals surface area contributed by atoms with Crippen LogP contribution in [0.5, 0.6) is 0 Å². The molecule has 0 bridgehead atoms. The molecule has 6 heteroatoms. The van der Waals surface area contributed by atoms with E-state index in [-0.39, 0.29) is 12.2 Å². The fourth-order valence-electron chi connectivity index (χ4n) is 2.34. The van der Waals surface area contributed by atoms with E-state index in [1.165, 1.54) is 6.07 Å². The number of nitrogens with two attached hydrogens (primary N) is 1. The first-order valence-corrected chi connectivity index (χ1v) is 9.24. The lowest BCUT2D eigenvalue weighted by molar-refractivity contribution is 0.201. The Morgan fingerprint density at radius 2 is 1.88 bits per heavy atom. The fraction of sp³-hybridized carbons (Fsp3) is 0.400. The summed E-state index contributed by atoms with van der Waals surface area (Å²) in [7, 11) is 0. The van der Waals surface area contributed by atoms with Crippen molar-refractivity contribution in [1.29, 1.82) is 0 Å². The Kier molecular flexibility index (Phi) is 7.27. The largest absolute Gasteiger partial charge is 0.394 e. The molecule has 1 aromatic heterocycles. The second-order valence-electron chi connectivity index (χ2n) is 6.57. The summed E-state index contributed by atoms with van der Waals surface area (Å²) >= 11 is 1.58. The van der Waals surface area contributed by atoms with Gasteiger partial charge in [-0.3, -0.25) is 0 Å². The Balaban J connectivity index is 1.81. The summed E-state index contributed by atoms with van der Waals surface area (Å²) in [5.41, 5.74) is 5.50. The molecule has 1 heterocycles. The fourth-order valence-corrected chi connectivity index (χ4v) is 3.23. The van der Waals surface area contributed by atoms with Crippen molar-refractivity contribution >= 4 is 11.3 Å². The Morgan fingerprint density at radius 3 is 2.62 bits per heavy atom. The quantitative estimate of drug-likeness (QED) is 0.429. The van der Waals surface area contributed by atoms with Crippen LogP contribution in [0, 0.1) is 29.3 Å². The minimum atomic E-state index is -1.42. The van der Waals surface area contributed by atoms with E-state index in [0.717, 1.165) is 22.2 Å². The maximum Gasteiger partial charge on any atom is 0.194 e. The number of hydrogen-bond acceptors (Lipinski definition) is 3. The van der Waals surface area contributed by atoms with Crippen LogP contribution in [0.3, 0.4) is 0 Å². The lowest BCUT2D eigenvalue weighted by atomic mass is 9.98. The van der Waals surface area contributed by atoms with Crippen molar-refractivity contribution in [3.63, 3.8) is 0 Å². The molecule has 0 radical (unpaired) electrons. The molecule has 0 saturated heterocycles. The van der Waals surface area contributed by atoms with Gasteiger partial charge in [-0.1, -0.05) is 17.9 Å². The summed E-state index contributed by atoms with van der Waals surface area (Å²) < 4.78 is 39.6. The number of halogens is 3. The molecule has 2 nitrogen and oxygen atoms in total. The summed E-state index contributed by atoms with van der Waals surface area (Å²) in [6, 6.07) is 6.15. The minimum absolute atomic E-state index is 0.0520. The molecule has 1 aromatic carbocycles. The Bertz CT molecular complexity index is 805. The van der Waals surface area contributed by atoms with Crippen LogP contribution >= 0.6 is 11.3 Å². The Labute approximate surface area is 155 Å². The zero-order chi connectivity index (χ0) is 19.2. The van der Waals surface area contributed by atoms with Crippen molar-refractivity contribution in [2.45, 2.75) is 44.6 Å². The molecule has 140 valence electrons. The highest BCUT2D eigenvalue weighted by Gasteiger charge is 2.17. The molecule has 2 aromatic rings. The lowest BCUT2D eigenvalue weighted by Crippen LogP contribution is -2.40.